The highest BCUT2D eigenvalue weighted by molar-refractivity contribution is 7.89. The fourth-order valence-electron chi connectivity index (χ4n) is 2.83. The molecule has 0 N–H and O–H groups in total. The Kier molecular flexibility index (Phi) is 3.78. The van der Waals surface area contributed by atoms with E-state index in [9.17, 15) is 13.2 Å². The van der Waals surface area contributed by atoms with Crippen LogP contribution in [0.25, 0.3) is 10.8 Å². The Bertz CT molecular complexity index is 770. The van der Waals surface area contributed by atoms with E-state index in [-0.39, 0.29) is 4.90 Å². The van der Waals surface area contributed by atoms with E-state index in [4.69, 9.17) is 0 Å². The molecule has 0 aliphatic carbocycles. The molecule has 0 radical (unpaired) electrons. The van der Waals surface area contributed by atoms with E-state index in [1.54, 1.807) is 12.1 Å². The maximum atomic E-state index is 12.8. The van der Waals surface area contributed by atoms with Gasteiger partial charge in [-0.1, -0.05) is 36.8 Å². The highest BCUT2D eigenvalue weighted by Gasteiger charge is 2.33. The summed E-state index contributed by atoms with van der Waals surface area (Å²) in [6, 6.07) is 12.2. The zero-order valence-electron chi connectivity index (χ0n) is 11.6. The summed E-state index contributed by atoms with van der Waals surface area (Å²) >= 11 is 0. The standard InChI is InChI=1S/C16H17NO3S/c18-12-15-7-3-4-10-17(15)21(19,20)16-9-8-13-5-1-2-6-14(13)11-16/h1-2,5-6,8-9,11-12,15H,3-4,7,10H2. The normalized spacial score (nSPS) is 20.5. The molecule has 1 heterocycles. The molecule has 0 saturated carbocycles. The van der Waals surface area contributed by atoms with E-state index in [1.165, 1.54) is 4.31 Å². The van der Waals surface area contributed by atoms with Gasteiger partial charge in [0.25, 0.3) is 0 Å². The Hall–Kier alpha value is -1.72. The number of benzene rings is 2. The van der Waals surface area contributed by atoms with Crippen molar-refractivity contribution in [3.8, 4) is 0 Å². The molecule has 2 aromatic rings. The molecule has 2 aromatic carbocycles. The number of carbonyl (C=O) groups is 1. The molecular formula is C16H17NO3S. The minimum atomic E-state index is -3.61. The molecule has 1 saturated heterocycles. The summed E-state index contributed by atoms with van der Waals surface area (Å²) in [4.78, 5) is 11.4. The van der Waals surface area contributed by atoms with Gasteiger partial charge in [0.05, 0.1) is 10.9 Å². The van der Waals surface area contributed by atoms with Crippen molar-refractivity contribution in [3.05, 3.63) is 42.5 Å². The van der Waals surface area contributed by atoms with Crippen LogP contribution in [0.15, 0.2) is 47.4 Å². The third-order valence-corrected chi connectivity index (χ3v) is 5.90. The Morgan fingerprint density at radius 2 is 1.81 bits per heavy atom. The number of piperidine rings is 1. The molecule has 4 nitrogen and oxygen atoms in total. The summed E-state index contributed by atoms with van der Waals surface area (Å²) in [5, 5.41) is 1.89. The average molecular weight is 303 g/mol. The molecule has 1 aliphatic rings. The maximum absolute atomic E-state index is 12.8. The number of hydrogen-bond donors (Lipinski definition) is 0. The Morgan fingerprint density at radius 1 is 1.05 bits per heavy atom. The number of carbonyl (C=O) groups excluding carboxylic acids is 1. The van der Waals surface area contributed by atoms with Gasteiger partial charge in [0, 0.05) is 6.54 Å². The highest BCUT2D eigenvalue weighted by Crippen LogP contribution is 2.26. The fraction of sp³-hybridized carbons (Fsp3) is 0.312. The molecule has 1 aliphatic heterocycles. The van der Waals surface area contributed by atoms with Crippen molar-refractivity contribution in [2.24, 2.45) is 0 Å². The van der Waals surface area contributed by atoms with Gasteiger partial charge in [0.1, 0.15) is 6.29 Å². The van der Waals surface area contributed by atoms with Crippen molar-refractivity contribution in [3.63, 3.8) is 0 Å². The summed E-state index contributed by atoms with van der Waals surface area (Å²) in [6.07, 6.45) is 3.05. The topological polar surface area (TPSA) is 54.5 Å². The predicted molar refractivity (Wildman–Crippen MR) is 81.5 cm³/mol. The lowest BCUT2D eigenvalue weighted by Gasteiger charge is -2.31. The van der Waals surface area contributed by atoms with Gasteiger partial charge >= 0.3 is 0 Å². The van der Waals surface area contributed by atoms with Gasteiger partial charge in [-0.2, -0.15) is 4.31 Å². The second-order valence-corrected chi connectivity index (χ2v) is 7.21. The fourth-order valence-corrected chi connectivity index (χ4v) is 4.50. The van der Waals surface area contributed by atoms with Crippen LogP contribution in [0.1, 0.15) is 19.3 Å². The molecule has 3 rings (SSSR count). The largest absolute Gasteiger partial charge is 0.302 e. The molecule has 1 atom stereocenters. The second kappa shape index (κ2) is 5.58. The number of sulfonamides is 1. The van der Waals surface area contributed by atoms with E-state index >= 15 is 0 Å². The third kappa shape index (κ3) is 2.59. The molecule has 0 bridgehead atoms. The lowest BCUT2D eigenvalue weighted by atomic mass is 10.1. The van der Waals surface area contributed by atoms with Crippen molar-refractivity contribution in [1.82, 2.24) is 4.31 Å². The monoisotopic (exact) mass is 303 g/mol. The second-order valence-electron chi connectivity index (χ2n) is 5.32. The van der Waals surface area contributed by atoms with E-state index in [0.29, 0.717) is 13.0 Å². The van der Waals surface area contributed by atoms with Crippen molar-refractivity contribution < 1.29 is 13.2 Å². The van der Waals surface area contributed by atoms with Crippen molar-refractivity contribution >= 4 is 27.1 Å². The van der Waals surface area contributed by atoms with E-state index in [2.05, 4.69) is 0 Å². The molecule has 0 amide bonds. The number of hydrogen-bond acceptors (Lipinski definition) is 3. The van der Waals surface area contributed by atoms with E-state index < -0.39 is 16.1 Å². The van der Waals surface area contributed by atoms with Gasteiger partial charge in [-0.05, 0) is 35.7 Å². The first kappa shape index (κ1) is 14.2. The van der Waals surface area contributed by atoms with Gasteiger partial charge < -0.3 is 4.79 Å². The number of fused-ring (bicyclic) bond motifs is 1. The summed E-state index contributed by atoms with van der Waals surface area (Å²) < 4.78 is 26.9. The van der Waals surface area contributed by atoms with E-state index in [0.717, 1.165) is 29.9 Å². The highest BCUT2D eigenvalue weighted by atomic mass is 32.2. The van der Waals surface area contributed by atoms with E-state index in [1.807, 2.05) is 30.3 Å². The van der Waals surface area contributed by atoms with Gasteiger partial charge in [0.15, 0.2) is 0 Å². The zero-order valence-corrected chi connectivity index (χ0v) is 12.4. The maximum Gasteiger partial charge on any atom is 0.243 e. The molecule has 1 fully saturated rings. The van der Waals surface area contributed by atoms with Crippen LogP contribution in [0.3, 0.4) is 0 Å². The average Bonchev–Trinajstić information content (AvgIpc) is 2.54. The quantitative estimate of drug-likeness (QED) is 0.819. The lowest BCUT2D eigenvalue weighted by Crippen LogP contribution is -2.44. The Morgan fingerprint density at radius 3 is 2.57 bits per heavy atom. The minimum absolute atomic E-state index is 0.259. The summed E-state index contributed by atoms with van der Waals surface area (Å²) in [7, 11) is -3.61. The summed E-state index contributed by atoms with van der Waals surface area (Å²) in [6.45, 7) is 0.415. The first-order chi connectivity index (χ1) is 10.1. The first-order valence-corrected chi connectivity index (χ1v) is 8.53. The molecule has 21 heavy (non-hydrogen) atoms. The van der Waals surface area contributed by atoms with Crippen LogP contribution in [0.4, 0.5) is 0 Å². The molecule has 5 heteroatoms. The van der Waals surface area contributed by atoms with Crippen molar-refractivity contribution in [1.29, 1.82) is 0 Å². The number of rotatable bonds is 3. The van der Waals surface area contributed by atoms with Crippen molar-refractivity contribution in [2.75, 3.05) is 6.54 Å². The van der Waals surface area contributed by atoms with Crippen LogP contribution in [0.2, 0.25) is 0 Å². The van der Waals surface area contributed by atoms with Crippen LogP contribution >= 0.6 is 0 Å². The van der Waals surface area contributed by atoms with Crippen LogP contribution in [0, 0.1) is 0 Å². The van der Waals surface area contributed by atoms with Crippen LogP contribution in [-0.2, 0) is 14.8 Å². The number of nitrogens with zero attached hydrogens (tertiary/aromatic N) is 1. The molecule has 110 valence electrons. The molecular weight excluding hydrogens is 286 g/mol. The summed E-state index contributed by atoms with van der Waals surface area (Å²) in [5.74, 6) is 0. The van der Waals surface area contributed by atoms with Gasteiger partial charge in [-0.3, -0.25) is 0 Å². The first-order valence-electron chi connectivity index (χ1n) is 7.09. The number of aldehydes is 1. The molecule has 0 spiro atoms. The smallest absolute Gasteiger partial charge is 0.243 e. The van der Waals surface area contributed by atoms with Crippen LogP contribution in [-0.4, -0.2) is 31.6 Å². The van der Waals surface area contributed by atoms with Crippen LogP contribution in [0.5, 0.6) is 0 Å². The lowest BCUT2D eigenvalue weighted by molar-refractivity contribution is -0.111. The summed E-state index contributed by atoms with van der Waals surface area (Å²) in [5.41, 5.74) is 0. The third-order valence-electron chi connectivity index (χ3n) is 3.98. The van der Waals surface area contributed by atoms with Crippen molar-refractivity contribution in [2.45, 2.75) is 30.2 Å². The molecule has 0 aromatic heterocycles. The predicted octanol–water partition coefficient (Wildman–Crippen LogP) is 2.58. The zero-order chi connectivity index (χ0) is 14.9. The Balaban J connectivity index is 2.04. The van der Waals surface area contributed by atoms with Gasteiger partial charge in [-0.25, -0.2) is 8.42 Å². The van der Waals surface area contributed by atoms with Gasteiger partial charge in [0.2, 0.25) is 10.0 Å². The molecule has 1 unspecified atom stereocenters. The SMILES string of the molecule is O=CC1CCCCN1S(=O)(=O)c1ccc2ccccc2c1. The minimum Gasteiger partial charge on any atom is -0.302 e. The Labute approximate surface area is 124 Å². The van der Waals surface area contributed by atoms with Gasteiger partial charge in [-0.15, -0.1) is 0 Å². The van der Waals surface area contributed by atoms with Crippen LogP contribution < -0.4 is 0 Å².